The van der Waals surface area contributed by atoms with E-state index in [9.17, 15) is 8.42 Å². The fourth-order valence-corrected chi connectivity index (χ4v) is 5.15. The monoisotopic (exact) mass is 431 g/mol. The summed E-state index contributed by atoms with van der Waals surface area (Å²) in [5, 5.41) is 0.851. The number of hydrogen-bond acceptors (Lipinski definition) is 5. The Kier molecular flexibility index (Phi) is 6.46. The van der Waals surface area contributed by atoms with E-state index in [2.05, 4.69) is 34.9 Å². The van der Waals surface area contributed by atoms with Crippen molar-refractivity contribution < 1.29 is 8.42 Å². The minimum Gasteiger partial charge on any atom is -0.370 e. The van der Waals surface area contributed by atoms with Gasteiger partial charge in [-0.05, 0) is 51.2 Å². The van der Waals surface area contributed by atoms with E-state index in [-0.39, 0.29) is 22.2 Å². The number of para-hydroxylation sites is 1. The molecular weight excluding hydrogens is 406 g/mol. The maximum absolute atomic E-state index is 12.9. The third-order valence-corrected chi connectivity index (χ3v) is 7.30. The zero-order valence-corrected chi connectivity index (χ0v) is 18.3. The van der Waals surface area contributed by atoms with Crippen LogP contribution in [0.2, 0.25) is 0 Å². The van der Waals surface area contributed by atoms with Gasteiger partial charge in [-0.15, -0.1) is 12.4 Å². The van der Waals surface area contributed by atoms with Crippen molar-refractivity contribution in [3.05, 3.63) is 60.8 Å². The van der Waals surface area contributed by atoms with Gasteiger partial charge in [0.1, 0.15) is 0 Å². The van der Waals surface area contributed by atoms with Crippen LogP contribution in [0.25, 0.3) is 10.9 Å². The van der Waals surface area contributed by atoms with Crippen LogP contribution >= 0.6 is 12.4 Å². The molecule has 1 aromatic heterocycles. The predicted octanol–water partition coefficient (Wildman–Crippen LogP) is 4.02. The second-order valence-corrected chi connectivity index (χ2v) is 9.47. The molecule has 5 nitrogen and oxygen atoms in total. The standard InChI is InChI=1S/C22H25N3O2S.ClH/c1-24(2)18-11-13-25(14-12-18)21-10-6-7-17-15-20(16-23-22(17)21)28(26,27)19-8-4-3-5-9-19;/h3-10,15-16,18H,11-14H2,1-2H3;1H. The SMILES string of the molecule is CN(C)C1CCN(c2cccc3cc(S(=O)(=O)c4ccccc4)cnc23)CC1.Cl. The first-order chi connectivity index (χ1) is 13.5. The van der Waals surface area contributed by atoms with E-state index in [4.69, 9.17) is 0 Å². The minimum absolute atomic E-state index is 0. The Morgan fingerprint density at radius 1 is 0.966 bits per heavy atom. The minimum atomic E-state index is -3.57. The van der Waals surface area contributed by atoms with Gasteiger partial charge in [-0.3, -0.25) is 4.98 Å². The largest absolute Gasteiger partial charge is 0.370 e. The first-order valence-corrected chi connectivity index (χ1v) is 11.1. The highest BCUT2D eigenvalue weighted by atomic mass is 35.5. The number of rotatable bonds is 4. The molecule has 1 fully saturated rings. The van der Waals surface area contributed by atoms with Crippen molar-refractivity contribution in [2.75, 3.05) is 32.1 Å². The molecule has 0 amide bonds. The van der Waals surface area contributed by atoms with Crippen molar-refractivity contribution in [2.45, 2.75) is 28.7 Å². The van der Waals surface area contributed by atoms with Gasteiger partial charge in [0.25, 0.3) is 0 Å². The number of piperidine rings is 1. The second-order valence-electron chi connectivity index (χ2n) is 7.52. The Morgan fingerprint density at radius 3 is 2.31 bits per heavy atom. The number of halogens is 1. The van der Waals surface area contributed by atoms with Crippen LogP contribution < -0.4 is 4.90 Å². The molecule has 1 aliphatic heterocycles. The maximum Gasteiger partial charge on any atom is 0.208 e. The molecule has 0 atom stereocenters. The third-order valence-electron chi connectivity index (χ3n) is 5.56. The summed E-state index contributed by atoms with van der Waals surface area (Å²) in [5.74, 6) is 0. The average Bonchev–Trinajstić information content (AvgIpc) is 2.73. The molecule has 0 saturated carbocycles. The molecule has 2 heterocycles. The fraction of sp³-hybridized carbons (Fsp3) is 0.318. The molecule has 0 N–H and O–H groups in total. The molecule has 0 bridgehead atoms. The molecule has 3 aromatic rings. The van der Waals surface area contributed by atoms with E-state index >= 15 is 0 Å². The van der Waals surface area contributed by atoms with E-state index in [1.807, 2.05) is 18.2 Å². The second kappa shape index (κ2) is 8.69. The van der Waals surface area contributed by atoms with Crippen LogP contribution in [-0.2, 0) is 9.84 Å². The Morgan fingerprint density at radius 2 is 1.66 bits per heavy atom. The highest BCUT2D eigenvalue weighted by Gasteiger charge is 2.23. The highest BCUT2D eigenvalue weighted by Crippen LogP contribution is 2.30. The van der Waals surface area contributed by atoms with Gasteiger partial charge in [0, 0.05) is 30.7 Å². The number of sulfone groups is 1. The molecule has 1 aliphatic rings. The maximum atomic E-state index is 12.9. The highest BCUT2D eigenvalue weighted by molar-refractivity contribution is 7.91. The smallest absolute Gasteiger partial charge is 0.208 e. The lowest BCUT2D eigenvalue weighted by molar-refractivity contribution is 0.250. The van der Waals surface area contributed by atoms with Crippen molar-refractivity contribution in [1.82, 2.24) is 9.88 Å². The lowest BCUT2D eigenvalue weighted by Gasteiger charge is -2.36. The number of aromatic nitrogens is 1. The Hall–Kier alpha value is -2.15. The van der Waals surface area contributed by atoms with E-state index in [0.29, 0.717) is 6.04 Å². The van der Waals surface area contributed by atoms with Crippen LogP contribution in [0.15, 0.2) is 70.6 Å². The quantitative estimate of drug-likeness (QED) is 0.624. The molecule has 1 saturated heterocycles. The van der Waals surface area contributed by atoms with Crippen LogP contribution in [0.3, 0.4) is 0 Å². The molecular formula is C22H26ClN3O2S. The van der Waals surface area contributed by atoms with E-state index in [1.54, 1.807) is 30.3 Å². The summed E-state index contributed by atoms with van der Waals surface area (Å²) in [7, 11) is 0.700. The molecule has 0 radical (unpaired) electrons. The number of nitrogens with zero attached hydrogens (tertiary/aromatic N) is 3. The van der Waals surface area contributed by atoms with Gasteiger partial charge in [0.05, 0.1) is 21.0 Å². The zero-order valence-electron chi connectivity index (χ0n) is 16.7. The Bertz CT molecular complexity index is 1080. The number of fused-ring (bicyclic) bond motifs is 1. The van der Waals surface area contributed by atoms with Gasteiger partial charge in [0.15, 0.2) is 0 Å². The summed E-state index contributed by atoms with van der Waals surface area (Å²) in [6.45, 7) is 1.96. The number of anilines is 1. The van der Waals surface area contributed by atoms with Gasteiger partial charge in [-0.25, -0.2) is 8.42 Å². The summed E-state index contributed by atoms with van der Waals surface area (Å²) in [4.78, 5) is 9.74. The molecule has 0 unspecified atom stereocenters. The van der Waals surface area contributed by atoms with Crippen molar-refractivity contribution >= 4 is 38.8 Å². The van der Waals surface area contributed by atoms with E-state index < -0.39 is 9.84 Å². The Labute approximate surface area is 178 Å². The van der Waals surface area contributed by atoms with Gasteiger partial charge in [-0.2, -0.15) is 0 Å². The zero-order chi connectivity index (χ0) is 19.7. The van der Waals surface area contributed by atoms with Crippen molar-refractivity contribution in [3.8, 4) is 0 Å². The molecule has 4 rings (SSSR count). The first kappa shape index (κ1) is 21.6. The topological polar surface area (TPSA) is 53.5 Å². The fourth-order valence-electron chi connectivity index (χ4n) is 3.89. The molecule has 0 spiro atoms. The van der Waals surface area contributed by atoms with Gasteiger partial charge in [0.2, 0.25) is 9.84 Å². The van der Waals surface area contributed by atoms with E-state index in [0.717, 1.165) is 42.5 Å². The third kappa shape index (κ3) is 4.25. The molecule has 154 valence electrons. The molecule has 7 heteroatoms. The summed E-state index contributed by atoms with van der Waals surface area (Å²) in [6, 6.07) is 16.9. The molecule has 29 heavy (non-hydrogen) atoms. The van der Waals surface area contributed by atoms with Gasteiger partial charge >= 0.3 is 0 Å². The number of hydrogen-bond donors (Lipinski definition) is 0. The van der Waals surface area contributed by atoms with Crippen LogP contribution in [0.1, 0.15) is 12.8 Å². The van der Waals surface area contributed by atoms with Crippen LogP contribution in [0, 0.1) is 0 Å². The van der Waals surface area contributed by atoms with Crippen LogP contribution in [-0.4, -0.2) is 51.5 Å². The Balaban J connectivity index is 0.00000240. The lowest BCUT2D eigenvalue weighted by atomic mass is 10.0. The van der Waals surface area contributed by atoms with Gasteiger partial charge in [-0.1, -0.05) is 30.3 Å². The van der Waals surface area contributed by atoms with Crippen LogP contribution in [0.4, 0.5) is 5.69 Å². The first-order valence-electron chi connectivity index (χ1n) is 9.57. The van der Waals surface area contributed by atoms with Crippen molar-refractivity contribution in [3.63, 3.8) is 0 Å². The molecule has 0 aliphatic carbocycles. The van der Waals surface area contributed by atoms with Crippen molar-refractivity contribution in [1.29, 1.82) is 0 Å². The normalized spacial score (nSPS) is 15.5. The summed E-state index contributed by atoms with van der Waals surface area (Å²) >= 11 is 0. The number of benzene rings is 2. The van der Waals surface area contributed by atoms with E-state index in [1.165, 1.54) is 6.20 Å². The lowest BCUT2D eigenvalue weighted by Crippen LogP contribution is -2.42. The average molecular weight is 432 g/mol. The van der Waals surface area contributed by atoms with Crippen LogP contribution in [0.5, 0.6) is 0 Å². The predicted molar refractivity (Wildman–Crippen MR) is 120 cm³/mol. The van der Waals surface area contributed by atoms with Gasteiger partial charge < -0.3 is 9.80 Å². The summed E-state index contributed by atoms with van der Waals surface area (Å²) in [5.41, 5.74) is 1.94. The van der Waals surface area contributed by atoms with Crippen molar-refractivity contribution in [2.24, 2.45) is 0 Å². The summed E-state index contributed by atoms with van der Waals surface area (Å²) < 4.78 is 25.8. The molecule has 2 aromatic carbocycles. The summed E-state index contributed by atoms with van der Waals surface area (Å²) in [6.07, 6.45) is 3.72. The number of pyridine rings is 1.